The molecule has 35 heavy (non-hydrogen) atoms. The number of benzene rings is 5. The fourth-order valence-electron chi connectivity index (χ4n) is 5.56. The van der Waals surface area contributed by atoms with Crippen molar-refractivity contribution in [2.75, 3.05) is 0 Å². The summed E-state index contributed by atoms with van der Waals surface area (Å²) >= 11 is 0. The van der Waals surface area contributed by atoms with Gasteiger partial charge in [-0.2, -0.15) is 0 Å². The minimum atomic E-state index is 0.137. The molecule has 0 radical (unpaired) electrons. The van der Waals surface area contributed by atoms with Crippen molar-refractivity contribution in [3.05, 3.63) is 143 Å². The molecule has 0 N–H and O–H groups in total. The molecular formula is C34H29N. The zero-order valence-corrected chi connectivity index (χ0v) is 20.5. The molecule has 1 aromatic heterocycles. The Morgan fingerprint density at radius 2 is 1.17 bits per heavy atom. The second-order valence-electron chi connectivity index (χ2n) is 9.63. The van der Waals surface area contributed by atoms with Crippen LogP contribution in [0.3, 0.4) is 0 Å². The van der Waals surface area contributed by atoms with Crippen molar-refractivity contribution in [2.45, 2.75) is 19.8 Å². The molecule has 0 aliphatic rings. The average molecular weight is 452 g/mol. The third kappa shape index (κ3) is 3.65. The second-order valence-corrected chi connectivity index (χ2v) is 9.63. The maximum absolute atomic E-state index is 2.38. The van der Waals surface area contributed by atoms with Crippen LogP contribution in [0, 0.1) is 13.8 Å². The van der Waals surface area contributed by atoms with Crippen LogP contribution in [0.2, 0.25) is 0 Å². The molecule has 0 amide bonds. The molecule has 0 fully saturated rings. The fraction of sp³-hybridized carbons (Fsp3) is 0.118. The standard InChI is InChI=1S/C34H29N/c1-23-14-17-27(18-15-23)33-29(32(25-10-6-4-7-11-25)26-12-8-5-9-13-26)20-19-28-30-22-24(2)16-21-31(30)35(3)34(28)33/h4-22,32H,1-3H3. The summed E-state index contributed by atoms with van der Waals surface area (Å²) in [4.78, 5) is 0. The summed E-state index contributed by atoms with van der Waals surface area (Å²) in [5.74, 6) is 0.137. The molecule has 0 bridgehead atoms. The lowest BCUT2D eigenvalue weighted by Gasteiger charge is -2.23. The Balaban J connectivity index is 1.75. The van der Waals surface area contributed by atoms with Gasteiger partial charge in [-0.05, 0) is 48.2 Å². The molecular weight excluding hydrogens is 422 g/mol. The number of aryl methyl sites for hydroxylation is 3. The van der Waals surface area contributed by atoms with Crippen LogP contribution in [-0.2, 0) is 7.05 Å². The van der Waals surface area contributed by atoms with E-state index in [-0.39, 0.29) is 5.92 Å². The number of rotatable bonds is 4. The second kappa shape index (κ2) is 8.60. The van der Waals surface area contributed by atoms with E-state index in [1.165, 1.54) is 60.8 Å². The van der Waals surface area contributed by atoms with Crippen LogP contribution in [0.15, 0.2) is 115 Å². The Kier molecular flexibility index (Phi) is 5.26. The molecule has 1 heterocycles. The zero-order chi connectivity index (χ0) is 23.9. The van der Waals surface area contributed by atoms with E-state index in [1.54, 1.807) is 0 Å². The zero-order valence-electron chi connectivity index (χ0n) is 20.5. The molecule has 1 heteroatoms. The number of hydrogen-bond acceptors (Lipinski definition) is 0. The number of aromatic nitrogens is 1. The van der Waals surface area contributed by atoms with Gasteiger partial charge in [-0.3, -0.25) is 0 Å². The minimum Gasteiger partial charge on any atom is -0.343 e. The van der Waals surface area contributed by atoms with E-state index in [4.69, 9.17) is 0 Å². The third-order valence-corrected chi connectivity index (χ3v) is 7.27. The van der Waals surface area contributed by atoms with Crippen LogP contribution < -0.4 is 0 Å². The highest BCUT2D eigenvalue weighted by molar-refractivity contribution is 6.13. The first-order valence-corrected chi connectivity index (χ1v) is 12.3. The summed E-state index contributed by atoms with van der Waals surface area (Å²) in [6.45, 7) is 4.33. The van der Waals surface area contributed by atoms with Crippen LogP contribution in [0.5, 0.6) is 0 Å². The van der Waals surface area contributed by atoms with Crippen molar-refractivity contribution in [3.63, 3.8) is 0 Å². The lowest BCUT2D eigenvalue weighted by molar-refractivity contribution is 0.972. The Bertz CT molecular complexity index is 1600. The summed E-state index contributed by atoms with van der Waals surface area (Å²) in [7, 11) is 2.21. The quantitative estimate of drug-likeness (QED) is 0.236. The van der Waals surface area contributed by atoms with E-state index in [2.05, 4.69) is 141 Å². The van der Waals surface area contributed by atoms with Crippen molar-refractivity contribution in [1.82, 2.24) is 4.57 Å². The molecule has 0 spiro atoms. The van der Waals surface area contributed by atoms with Crippen LogP contribution in [0.25, 0.3) is 32.9 Å². The largest absolute Gasteiger partial charge is 0.343 e. The predicted molar refractivity (Wildman–Crippen MR) is 149 cm³/mol. The van der Waals surface area contributed by atoms with E-state index in [0.29, 0.717) is 0 Å². The smallest absolute Gasteiger partial charge is 0.0571 e. The van der Waals surface area contributed by atoms with Gasteiger partial charge in [0.15, 0.2) is 0 Å². The van der Waals surface area contributed by atoms with Gasteiger partial charge >= 0.3 is 0 Å². The average Bonchev–Trinajstić information content (AvgIpc) is 3.17. The summed E-state index contributed by atoms with van der Waals surface area (Å²) in [5.41, 5.74) is 11.7. The van der Waals surface area contributed by atoms with Crippen molar-refractivity contribution in [3.8, 4) is 11.1 Å². The van der Waals surface area contributed by atoms with Gasteiger partial charge in [0, 0.05) is 34.8 Å². The lowest BCUT2D eigenvalue weighted by atomic mass is 9.80. The van der Waals surface area contributed by atoms with Gasteiger partial charge in [0.05, 0.1) is 5.52 Å². The van der Waals surface area contributed by atoms with Crippen LogP contribution in [0.1, 0.15) is 33.7 Å². The van der Waals surface area contributed by atoms with E-state index in [1.807, 2.05) is 0 Å². The molecule has 5 aromatic carbocycles. The monoisotopic (exact) mass is 451 g/mol. The highest BCUT2D eigenvalue weighted by Gasteiger charge is 2.24. The Hall–Kier alpha value is -4.10. The van der Waals surface area contributed by atoms with Crippen LogP contribution in [-0.4, -0.2) is 4.57 Å². The van der Waals surface area contributed by atoms with Crippen molar-refractivity contribution in [2.24, 2.45) is 7.05 Å². The number of nitrogens with zero attached hydrogens (tertiary/aromatic N) is 1. The van der Waals surface area contributed by atoms with Gasteiger partial charge in [-0.1, -0.05) is 114 Å². The Morgan fingerprint density at radius 1 is 0.571 bits per heavy atom. The third-order valence-electron chi connectivity index (χ3n) is 7.27. The number of hydrogen-bond donors (Lipinski definition) is 0. The summed E-state index contributed by atoms with van der Waals surface area (Å²) in [5, 5.41) is 2.63. The fourth-order valence-corrected chi connectivity index (χ4v) is 5.56. The van der Waals surface area contributed by atoms with E-state index in [9.17, 15) is 0 Å². The van der Waals surface area contributed by atoms with Gasteiger partial charge in [-0.15, -0.1) is 0 Å². The molecule has 0 saturated carbocycles. The highest BCUT2D eigenvalue weighted by atomic mass is 14.9. The van der Waals surface area contributed by atoms with Gasteiger partial charge in [0.2, 0.25) is 0 Å². The molecule has 6 rings (SSSR count). The lowest BCUT2D eigenvalue weighted by Crippen LogP contribution is -2.06. The van der Waals surface area contributed by atoms with E-state index >= 15 is 0 Å². The Morgan fingerprint density at radius 3 is 1.80 bits per heavy atom. The molecule has 0 unspecified atom stereocenters. The van der Waals surface area contributed by atoms with Gasteiger partial charge < -0.3 is 4.57 Å². The molecule has 0 aliphatic carbocycles. The minimum absolute atomic E-state index is 0.137. The topological polar surface area (TPSA) is 4.93 Å². The SMILES string of the molecule is Cc1ccc(-c2c(C(c3ccccc3)c3ccccc3)ccc3c4cc(C)ccc4n(C)c23)cc1. The van der Waals surface area contributed by atoms with Crippen molar-refractivity contribution < 1.29 is 0 Å². The first-order chi connectivity index (χ1) is 17.1. The summed E-state index contributed by atoms with van der Waals surface area (Å²) in [6, 6.07) is 42.3. The first-order valence-electron chi connectivity index (χ1n) is 12.3. The summed E-state index contributed by atoms with van der Waals surface area (Å²) in [6.07, 6.45) is 0. The normalized spacial score (nSPS) is 11.5. The Labute approximate surface area is 207 Å². The van der Waals surface area contributed by atoms with E-state index in [0.717, 1.165) is 0 Å². The van der Waals surface area contributed by atoms with Crippen LogP contribution in [0.4, 0.5) is 0 Å². The molecule has 0 saturated heterocycles. The van der Waals surface area contributed by atoms with Gasteiger partial charge in [-0.25, -0.2) is 0 Å². The van der Waals surface area contributed by atoms with E-state index < -0.39 is 0 Å². The summed E-state index contributed by atoms with van der Waals surface area (Å²) < 4.78 is 2.38. The highest BCUT2D eigenvalue weighted by Crippen LogP contribution is 2.44. The van der Waals surface area contributed by atoms with Crippen LogP contribution >= 0.6 is 0 Å². The molecule has 0 atom stereocenters. The molecule has 0 aliphatic heterocycles. The van der Waals surface area contributed by atoms with Crippen molar-refractivity contribution in [1.29, 1.82) is 0 Å². The molecule has 6 aromatic rings. The predicted octanol–water partition coefficient (Wildman–Crippen LogP) is 8.80. The maximum atomic E-state index is 2.38. The molecule has 1 nitrogen and oxygen atoms in total. The first kappa shape index (κ1) is 21.4. The van der Waals surface area contributed by atoms with Crippen molar-refractivity contribution >= 4 is 21.8 Å². The number of fused-ring (bicyclic) bond motifs is 3. The maximum Gasteiger partial charge on any atom is 0.0571 e. The van der Waals surface area contributed by atoms with Gasteiger partial charge in [0.1, 0.15) is 0 Å². The van der Waals surface area contributed by atoms with Gasteiger partial charge in [0.25, 0.3) is 0 Å². The molecule has 170 valence electrons.